The highest BCUT2D eigenvalue weighted by atomic mass is 16.5. The van der Waals surface area contributed by atoms with Crippen molar-refractivity contribution in [3.63, 3.8) is 0 Å². The molecule has 18 heavy (non-hydrogen) atoms. The second-order valence-electron chi connectivity index (χ2n) is 5.15. The number of benzene rings is 1. The standard InChI is InChI=1S/C14H18O4/c1-7-8(2)12-10(9(3)11(7)15)5-6-14(4,18-12)13(16)17/h15H,5-6H2,1-4H3,(H,16,17)/p-1/t14-/m1/s1. The van der Waals surface area contributed by atoms with Crippen LogP contribution in [0.25, 0.3) is 0 Å². The predicted molar refractivity (Wildman–Crippen MR) is 64.7 cm³/mol. The zero-order valence-electron chi connectivity index (χ0n) is 11.1. The van der Waals surface area contributed by atoms with Gasteiger partial charge in [-0.2, -0.15) is 0 Å². The minimum atomic E-state index is -1.28. The number of carbonyl (C=O) groups is 1. The second kappa shape index (κ2) is 3.90. The van der Waals surface area contributed by atoms with E-state index in [1.165, 1.54) is 6.92 Å². The molecule has 4 heteroatoms. The molecular weight excluding hydrogens is 232 g/mol. The van der Waals surface area contributed by atoms with E-state index < -0.39 is 11.6 Å². The zero-order valence-corrected chi connectivity index (χ0v) is 11.1. The largest absolute Gasteiger partial charge is 0.546 e. The molecule has 1 atom stereocenters. The highest BCUT2D eigenvalue weighted by Crippen LogP contribution is 2.43. The lowest BCUT2D eigenvalue weighted by atomic mass is 9.87. The van der Waals surface area contributed by atoms with E-state index in [9.17, 15) is 15.0 Å². The third kappa shape index (κ3) is 1.64. The summed E-state index contributed by atoms with van der Waals surface area (Å²) in [5.74, 6) is -0.344. The number of rotatable bonds is 1. The van der Waals surface area contributed by atoms with Crippen molar-refractivity contribution in [1.29, 1.82) is 0 Å². The molecule has 1 aliphatic rings. The molecule has 1 aromatic carbocycles. The molecule has 0 fully saturated rings. The first kappa shape index (κ1) is 12.7. The number of hydrogen-bond donors (Lipinski definition) is 1. The molecule has 0 unspecified atom stereocenters. The van der Waals surface area contributed by atoms with Crippen LogP contribution in [-0.4, -0.2) is 16.7 Å². The van der Waals surface area contributed by atoms with Crippen molar-refractivity contribution in [2.24, 2.45) is 0 Å². The average Bonchev–Trinajstić information content (AvgIpc) is 2.33. The van der Waals surface area contributed by atoms with Gasteiger partial charge in [-0.05, 0) is 57.2 Å². The second-order valence-corrected chi connectivity index (χ2v) is 5.15. The fourth-order valence-electron chi connectivity index (χ4n) is 2.39. The first-order chi connectivity index (χ1) is 8.28. The fraction of sp³-hybridized carbons (Fsp3) is 0.500. The smallest absolute Gasteiger partial charge is 0.146 e. The van der Waals surface area contributed by atoms with Crippen molar-refractivity contribution < 1.29 is 19.7 Å². The Bertz CT molecular complexity index is 533. The van der Waals surface area contributed by atoms with Crippen LogP contribution in [0.3, 0.4) is 0 Å². The van der Waals surface area contributed by atoms with Gasteiger partial charge in [-0.1, -0.05) is 0 Å². The van der Waals surface area contributed by atoms with Gasteiger partial charge in [-0.25, -0.2) is 0 Å². The molecular formula is C14H17O4-. The number of carbonyl (C=O) groups excluding carboxylic acids is 1. The fourth-order valence-corrected chi connectivity index (χ4v) is 2.39. The third-order valence-corrected chi connectivity index (χ3v) is 3.95. The molecule has 0 saturated carbocycles. The van der Waals surface area contributed by atoms with Gasteiger partial charge < -0.3 is 19.7 Å². The molecule has 2 rings (SSSR count). The number of aliphatic carboxylic acids is 1. The summed E-state index contributed by atoms with van der Waals surface area (Å²) in [5.41, 5.74) is 1.91. The number of carboxylic acids is 1. The first-order valence-electron chi connectivity index (χ1n) is 6.00. The molecule has 1 N–H and O–H groups in total. The van der Waals surface area contributed by atoms with Crippen molar-refractivity contribution in [2.75, 3.05) is 0 Å². The quantitative estimate of drug-likeness (QED) is 0.810. The summed E-state index contributed by atoms with van der Waals surface area (Å²) >= 11 is 0. The molecule has 1 aliphatic heterocycles. The number of carboxylic acid groups (broad SMARTS) is 1. The van der Waals surface area contributed by atoms with Gasteiger partial charge in [0.1, 0.15) is 17.1 Å². The van der Waals surface area contributed by atoms with E-state index in [1.54, 1.807) is 6.92 Å². The van der Waals surface area contributed by atoms with Crippen molar-refractivity contribution in [3.05, 3.63) is 22.3 Å². The maximum absolute atomic E-state index is 11.1. The number of hydrogen-bond acceptors (Lipinski definition) is 4. The summed E-state index contributed by atoms with van der Waals surface area (Å²) in [5, 5.41) is 21.1. The van der Waals surface area contributed by atoms with Crippen molar-refractivity contribution >= 4 is 5.97 Å². The lowest BCUT2D eigenvalue weighted by Crippen LogP contribution is -2.52. The van der Waals surface area contributed by atoms with Crippen LogP contribution in [-0.2, 0) is 11.2 Å². The molecule has 0 bridgehead atoms. The van der Waals surface area contributed by atoms with E-state index in [-0.39, 0.29) is 5.75 Å². The summed E-state index contributed by atoms with van der Waals surface area (Å²) < 4.78 is 5.66. The SMILES string of the molecule is Cc1c(C)c2c(c(C)c1O)CC[C@](C)(C(=O)[O-])O2. The molecule has 0 radical (unpaired) electrons. The third-order valence-electron chi connectivity index (χ3n) is 3.95. The van der Waals surface area contributed by atoms with Crippen LogP contribution < -0.4 is 9.84 Å². The Balaban J connectivity index is 2.61. The Morgan fingerprint density at radius 2 is 1.89 bits per heavy atom. The van der Waals surface area contributed by atoms with Gasteiger partial charge in [0.05, 0.1) is 5.97 Å². The van der Waals surface area contributed by atoms with Crippen molar-refractivity contribution in [2.45, 2.75) is 46.1 Å². The summed E-state index contributed by atoms with van der Waals surface area (Å²) in [6.45, 7) is 6.98. The Hall–Kier alpha value is -1.71. The highest BCUT2D eigenvalue weighted by molar-refractivity contribution is 5.76. The number of phenolic OH excluding ortho intramolecular Hbond substituents is 1. The predicted octanol–water partition coefficient (Wildman–Crippen LogP) is 1.15. The maximum Gasteiger partial charge on any atom is 0.146 e. The number of aromatic hydroxyl groups is 1. The van der Waals surface area contributed by atoms with Gasteiger partial charge >= 0.3 is 0 Å². The van der Waals surface area contributed by atoms with Gasteiger partial charge in [0.2, 0.25) is 0 Å². The number of fused-ring (bicyclic) bond motifs is 1. The van der Waals surface area contributed by atoms with Gasteiger partial charge in [0, 0.05) is 5.56 Å². The average molecular weight is 249 g/mol. The monoisotopic (exact) mass is 249 g/mol. The van der Waals surface area contributed by atoms with Crippen molar-refractivity contribution in [3.8, 4) is 11.5 Å². The van der Waals surface area contributed by atoms with Crippen LogP contribution in [0.15, 0.2) is 0 Å². The maximum atomic E-state index is 11.1. The van der Waals surface area contributed by atoms with E-state index in [0.717, 1.165) is 22.3 Å². The van der Waals surface area contributed by atoms with Crippen LogP contribution in [0, 0.1) is 20.8 Å². The normalized spacial score (nSPS) is 22.2. The Morgan fingerprint density at radius 1 is 1.28 bits per heavy atom. The number of phenols is 1. The lowest BCUT2D eigenvalue weighted by molar-refractivity contribution is -0.322. The minimum Gasteiger partial charge on any atom is -0.546 e. The molecule has 0 saturated heterocycles. The van der Waals surface area contributed by atoms with Crippen LogP contribution >= 0.6 is 0 Å². The van der Waals surface area contributed by atoms with E-state index >= 15 is 0 Å². The summed E-state index contributed by atoms with van der Waals surface area (Å²) in [6.07, 6.45) is 0.922. The Kier molecular flexibility index (Phi) is 2.76. The molecule has 0 aliphatic carbocycles. The van der Waals surface area contributed by atoms with E-state index in [4.69, 9.17) is 4.74 Å². The lowest BCUT2D eigenvalue weighted by Gasteiger charge is -2.38. The van der Waals surface area contributed by atoms with Crippen LogP contribution in [0.2, 0.25) is 0 Å². The Labute approximate surface area is 106 Å². The van der Waals surface area contributed by atoms with Crippen LogP contribution in [0.1, 0.15) is 35.6 Å². The van der Waals surface area contributed by atoms with Crippen LogP contribution in [0.5, 0.6) is 11.5 Å². The molecule has 98 valence electrons. The zero-order chi connectivity index (χ0) is 13.7. The molecule has 0 aromatic heterocycles. The summed E-state index contributed by atoms with van der Waals surface area (Å²) in [4.78, 5) is 11.1. The van der Waals surface area contributed by atoms with E-state index in [0.29, 0.717) is 18.6 Å². The molecule has 0 amide bonds. The molecule has 4 nitrogen and oxygen atoms in total. The molecule has 1 aromatic rings. The van der Waals surface area contributed by atoms with Gasteiger partial charge in [-0.3, -0.25) is 0 Å². The Morgan fingerprint density at radius 3 is 2.44 bits per heavy atom. The van der Waals surface area contributed by atoms with Crippen molar-refractivity contribution in [1.82, 2.24) is 0 Å². The molecule has 0 spiro atoms. The first-order valence-corrected chi connectivity index (χ1v) is 6.00. The number of ether oxygens (including phenoxy) is 1. The van der Waals surface area contributed by atoms with Gasteiger partial charge in [0.15, 0.2) is 0 Å². The minimum absolute atomic E-state index is 0.270. The van der Waals surface area contributed by atoms with Gasteiger partial charge in [-0.15, -0.1) is 0 Å². The summed E-state index contributed by atoms with van der Waals surface area (Å²) in [7, 11) is 0. The highest BCUT2D eigenvalue weighted by Gasteiger charge is 2.35. The van der Waals surface area contributed by atoms with E-state index in [2.05, 4.69) is 0 Å². The van der Waals surface area contributed by atoms with Gasteiger partial charge in [0.25, 0.3) is 0 Å². The molecule has 1 heterocycles. The topological polar surface area (TPSA) is 69.6 Å². The van der Waals surface area contributed by atoms with Crippen LogP contribution in [0.4, 0.5) is 0 Å². The summed E-state index contributed by atoms with van der Waals surface area (Å²) in [6, 6.07) is 0. The van der Waals surface area contributed by atoms with E-state index in [1.807, 2.05) is 13.8 Å².